The van der Waals surface area contributed by atoms with Gasteiger partial charge in [-0.2, -0.15) is 13.2 Å². The lowest BCUT2D eigenvalue weighted by Crippen LogP contribution is -2.09. The van der Waals surface area contributed by atoms with E-state index in [1.54, 1.807) is 37.3 Å². The Balaban J connectivity index is 1.68. The molecule has 3 aromatic rings. The summed E-state index contributed by atoms with van der Waals surface area (Å²) in [6.45, 7) is 1.58. The summed E-state index contributed by atoms with van der Waals surface area (Å²) in [4.78, 5) is 16.7. The maximum Gasteiger partial charge on any atom is 0.416 e. The minimum absolute atomic E-state index is 0.0140. The molecule has 1 aliphatic rings. The van der Waals surface area contributed by atoms with Crippen molar-refractivity contribution in [2.24, 2.45) is 0 Å². The number of aromatic nitrogens is 1. The molecule has 0 aliphatic heterocycles. The Kier molecular flexibility index (Phi) is 8.09. The largest absolute Gasteiger partial charge is 0.488 e. The average Bonchev–Trinajstić information content (AvgIpc) is 3.33. The summed E-state index contributed by atoms with van der Waals surface area (Å²) in [5.74, 6) is -1.25. The second-order valence-corrected chi connectivity index (χ2v) is 9.13. The summed E-state index contributed by atoms with van der Waals surface area (Å²) < 4.78 is 63.9. The molecule has 0 amide bonds. The van der Waals surface area contributed by atoms with Gasteiger partial charge >= 0.3 is 12.1 Å². The van der Waals surface area contributed by atoms with E-state index in [1.807, 2.05) is 0 Å². The van der Waals surface area contributed by atoms with Gasteiger partial charge in [0.2, 0.25) is 0 Å². The maximum atomic E-state index is 14.4. The number of nitrogens with zero attached hydrogens (tertiary/aromatic N) is 1. The molecular formula is C27H21Cl2F4NO3. The van der Waals surface area contributed by atoms with Gasteiger partial charge in [-0.05, 0) is 79.8 Å². The SMILES string of the molecule is CCOC(=O)c1nc(C2=C(c3cc(Cl)ccc3OCc3ccc(C(F)(F)F)cc3F)CCC2)ccc1Cl. The molecule has 0 spiro atoms. The molecule has 0 saturated heterocycles. The molecule has 2 aromatic carbocycles. The first-order valence-corrected chi connectivity index (χ1v) is 12.2. The van der Waals surface area contributed by atoms with Crippen molar-refractivity contribution in [1.29, 1.82) is 0 Å². The minimum Gasteiger partial charge on any atom is -0.488 e. The minimum atomic E-state index is -4.64. The zero-order valence-corrected chi connectivity index (χ0v) is 21.1. The van der Waals surface area contributed by atoms with Crippen LogP contribution < -0.4 is 4.74 Å². The van der Waals surface area contributed by atoms with E-state index in [2.05, 4.69) is 4.98 Å². The lowest BCUT2D eigenvalue weighted by atomic mass is 9.98. The molecule has 0 atom stereocenters. The van der Waals surface area contributed by atoms with Crippen LogP contribution in [0, 0.1) is 5.82 Å². The van der Waals surface area contributed by atoms with Crippen LogP contribution in [0.1, 0.15) is 59.1 Å². The smallest absolute Gasteiger partial charge is 0.416 e. The van der Waals surface area contributed by atoms with Crippen molar-refractivity contribution in [3.05, 3.63) is 92.5 Å². The zero-order valence-electron chi connectivity index (χ0n) is 19.6. The van der Waals surface area contributed by atoms with E-state index in [0.29, 0.717) is 40.9 Å². The molecule has 1 aromatic heterocycles. The Morgan fingerprint density at radius 3 is 2.49 bits per heavy atom. The zero-order chi connectivity index (χ0) is 26.7. The van der Waals surface area contributed by atoms with Crippen molar-refractivity contribution < 1.29 is 31.8 Å². The van der Waals surface area contributed by atoms with Gasteiger partial charge in [0.15, 0.2) is 5.69 Å². The highest BCUT2D eigenvalue weighted by Crippen LogP contribution is 2.43. The summed E-state index contributed by atoms with van der Waals surface area (Å²) in [6.07, 6.45) is -2.49. The Morgan fingerprint density at radius 2 is 1.78 bits per heavy atom. The van der Waals surface area contributed by atoms with E-state index in [0.717, 1.165) is 29.7 Å². The van der Waals surface area contributed by atoms with Crippen molar-refractivity contribution >= 4 is 40.3 Å². The molecule has 0 unspecified atom stereocenters. The van der Waals surface area contributed by atoms with Crippen molar-refractivity contribution in [2.75, 3.05) is 6.61 Å². The summed E-state index contributed by atoms with van der Waals surface area (Å²) in [5, 5.41) is 0.616. The molecule has 1 aliphatic carbocycles. The number of ether oxygens (including phenoxy) is 2. The number of carbonyl (C=O) groups is 1. The molecular weight excluding hydrogens is 533 g/mol. The molecule has 0 fully saturated rings. The van der Waals surface area contributed by atoms with Crippen LogP contribution in [0.3, 0.4) is 0 Å². The summed E-state index contributed by atoms with van der Waals surface area (Å²) in [7, 11) is 0. The van der Waals surface area contributed by atoms with Gasteiger partial charge in [0.05, 0.1) is 22.9 Å². The summed E-state index contributed by atoms with van der Waals surface area (Å²) >= 11 is 12.4. The van der Waals surface area contributed by atoms with Crippen LogP contribution >= 0.6 is 23.2 Å². The number of hydrogen-bond donors (Lipinski definition) is 0. The van der Waals surface area contributed by atoms with Crippen molar-refractivity contribution in [3.63, 3.8) is 0 Å². The molecule has 0 bridgehead atoms. The number of hydrogen-bond acceptors (Lipinski definition) is 4. The first kappa shape index (κ1) is 26.9. The van der Waals surface area contributed by atoms with Gasteiger partial charge in [-0.1, -0.05) is 29.3 Å². The Labute approximate surface area is 220 Å². The average molecular weight is 554 g/mol. The maximum absolute atomic E-state index is 14.4. The van der Waals surface area contributed by atoms with Crippen molar-refractivity contribution in [2.45, 2.75) is 39.0 Å². The molecule has 4 rings (SSSR count). The van der Waals surface area contributed by atoms with Crippen LogP contribution in [-0.4, -0.2) is 17.6 Å². The van der Waals surface area contributed by atoms with E-state index in [9.17, 15) is 22.4 Å². The van der Waals surface area contributed by atoms with Gasteiger partial charge in [0.1, 0.15) is 18.2 Å². The van der Waals surface area contributed by atoms with E-state index < -0.39 is 23.5 Å². The predicted molar refractivity (Wildman–Crippen MR) is 133 cm³/mol. The molecule has 4 nitrogen and oxygen atoms in total. The molecule has 194 valence electrons. The molecule has 0 radical (unpaired) electrons. The third-order valence-electron chi connectivity index (χ3n) is 5.87. The standard InChI is InChI=1S/C27H21Cl2F4NO3/c1-2-36-26(35)25-21(29)9-10-23(34-25)19-5-3-4-18(19)20-13-17(28)8-11-24(20)37-14-15-6-7-16(12-22(15)30)27(31,32)33/h6-13H,2-5,14H2,1H3. The first-order valence-electron chi connectivity index (χ1n) is 11.4. The summed E-state index contributed by atoms with van der Waals surface area (Å²) in [5.41, 5.74) is 1.89. The molecule has 0 saturated carbocycles. The topological polar surface area (TPSA) is 48.4 Å². The van der Waals surface area contributed by atoms with Crippen molar-refractivity contribution in [3.8, 4) is 5.75 Å². The van der Waals surface area contributed by atoms with Crippen LogP contribution in [0.25, 0.3) is 11.1 Å². The number of benzene rings is 2. The number of pyridine rings is 1. The number of esters is 1. The Morgan fingerprint density at radius 1 is 1.03 bits per heavy atom. The fraction of sp³-hybridized carbons (Fsp3) is 0.259. The fourth-order valence-corrected chi connectivity index (χ4v) is 4.49. The third-order valence-corrected chi connectivity index (χ3v) is 6.41. The molecule has 0 N–H and O–H groups in total. The number of allylic oxidation sites excluding steroid dienone is 2. The normalized spacial score (nSPS) is 13.7. The van der Waals surface area contributed by atoms with E-state index in [4.69, 9.17) is 32.7 Å². The quantitative estimate of drug-likeness (QED) is 0.217. The Bertz CT molecular complexity index is 1370. The van der Waals surface area contributed by atoms with Gasteiger partial charge < -0.3 is 9.47 Å². The first-order chi connectivity index (χ1) is 17.6. The van der Waals surface area contributed by atoms with Gasteiger partial charge in [-0.25, -0.2) is 14.2 Å². The van der Waals surface area contributed by atoms with Crippen LogP contribution in [0.4, 0.5) is 17.6 Å². The number of halogens is 6. The lowest BCUT2D eigenvalue weighted by Gasteiger charge is -2.16. The van der Waals surface area contributed by atoms with Gasteiger partial charge in [-0.15, -0.1) is 0 Å². The van der Waals surface area contributed by atoms with Crippen LogP contribution in [0.5, 0.6) is 5.75 Å². The predicted octanol–water partition coefficient (Wildman–Crippen LogP) is 8.40. The fourth-order valence-electron chi connectivity index (χ4n) is 4.14. The van der Waals surface area contributed by atoms with Crippen LogP contribution in [0.2, 0.25) is 10.0 Å². The number of alkyl halides is 3. The third kappa shape index (κ3) is 6.08. The molecule has 37 heavy (non-hydrogen) atoms. The second-order valence-electron chi connectivity index (χ2n) is 8.29. The highest BCUT2D eigenvalue weighted by molar-refractivity contribution is 6.33. The van der Waals surface area contributed by atoms with Gasteiger partial charge in [0, 0.05) is 16.1 Å². The Hall–Kier alpha value is -3.10. The molecule has 1 heterocycles. The van der Waals surface area contributed by atoms with E-state index in [1.165, 1.54) is 0 Å². The van der Waals surface area contributed by atoms with Gasteiger partial charge in [-0.3, -0.25) is 0 Å². The van der Waals surface area contributed by atoms with E-state index in [-0.39, 0.29) is 29.5 Å². The number of carbonyl (C=O) groups excluding carboxylic acids is 1. The highest BCUT2D eigenvalue weighted by atomic mass is 35.5. The monoisotopic (exact) mass is 553 g/mol. The van der Waals surface area contributed by atoms with Crippen LogP contribution in [0.15, 0.2) is 48.5 Å². The summed E-state index contributed by atoms with van der Waals surface area (Å²) in [6, 6.07) is 10.6. The number of rotatable bonds is 7. The highest BCUT2D eigenvalue weighted by Gasteiger charge is 2.31. The van der Waals surface area contributed by atoms with Gasteiger partial charge in [0.25, 0.3) is 0 Å². The molecule has 10 heteroatoms. The lowest BCUT2D eigenvalue weighted by molar-refractivity contribution is -0.137. The van der Waals surface area contributed by atoms with Crippen molar-refractivity contribution in [1.82, 2.24) is 4.98 Å². The van der Waals surface area contributed by atoms with E-state index >= 15 is 0 Å². The second kappa shape index (κ2) is 11.1. The van der Waals surface area contributed by atoms with Crippen LogP contribution in [-0.2, 0) is 17.5 Å².